The van der Waals surface area contributed by atoms with Crippen molar-refractivity contribution in [2.24, 2.45) is 0 Å². The molecule has 0 radical (unpaired) electrons. The van der Waals surface area contributed by atoms with Gasteiger partial charge < -0.3 is 19.4 Å². The number of carbonyl (C=O) groups excluding carboxylic acids is 1. The topological polar surface area (TPSA) is 83.8 Å². The number of morpholine rings is 1. The Morgan fingerprint density at radius 1 is 1.05 bits per heavy atom. The first-order valence-corrected chi connectivity index (χ1v) is 14.9. The standard InChI is InChI=1S/C31H39ClN6O3/c1-7-22-11-10-12-23(8-2)27(22)38-29-24(15-25(32)30(33-29)36-17-20(5)41-21(6)18-36)28(34-31(38)40)37-14-13-35(16-19(37)4)26(39)9-3/h9-12,15,19-21H,3,7-8,13-14,16-18H2,1-2,4-6H3/t19-,20-,21+/m0/s1. The van der Waals surface area contributed by atoms with Crippen molar-refractivity contribution >= 4 is 40.2 Å². The average molecular weight is 579 g/mol. The van der Waals surface area contributed by atoms with Gasteiger partial charge in [0.25, 0.3) is 0 Å². The van der Waals surface area contributed by atoms with Gasteiger partial charge in [-0.25, -0.2) is 14.3 Å². The van der Waals surface area contributed by atoms with E-state index in [1.807, 2.05) is 32.9 Å². The van der Waals surface area contributed by atoms with Crippen LogP contribution in [0.1, 0.15) is 45.7 Å². The molecule has 2 aromatic heterocycles. The molecule has 10 heteroatoms. The molecule has 4 heterocycles. The number of pyridine rings is 1. The largest absolute Gasteiger partial charge is 0.372 e. The van der Waals surface area contributed by atoms with E-state index in [2.05, 4.69) is 47.3 Å². The van der Waals surface area contributed by atoms with Crippen molar-refractivity contribution in [1.82, 2.24) is 19.4 Å². The maximum Gasteiger partial charge on any atom is 0.355 e. The molecular formula is C31H39ClN6O3. The number of carbonyl (C=O) groups is 1. The monoisotopic (exact) mass is 578 g/mol. The summed E-state index contributed by atoms with van der Waals surface area (Å²) in [5.74, 6) is 1.07. The van der Waals surface area contributed by atoms with Crippen molar-refractivity contribution in [3.8, 4) is 5.69 Å². The third-order valence-corrected chi connectivity index (χ3v) is 8.35. The van der Waals surface area contributed by atoms with Crippen LogP contribution in [0.4, 0.5) is 11.6 Å². The number of nitrogens with zero attached hydrogens (tertiary/aromatic N) is 6. The minimum atomic E-state index is -0.385. The zero-order valence-corrected chi connectivity index (χ0v) is 25.3. The zero-order valence-electron chi connectivity index (χ0n) is 24.6. The number of amides is 1. The van der Waals surface area contributed by atoms with E-state index in [0.29, 0.717) is 60.4 Å². The third kappa shape index (κ3) is 5.45. The van der Waals surface area contributed by atoms with Gasteiger partial charge in [0, 0.05) is 38.8 Å². The number of piperazine rings is 1. The van der Waals surface area contributed by atoms with E-state index in [4.69, 9.17) is 21.3 Å². The molecule has 0 bridgehead atoms. The molecule has 5 rings (SSSR count). The molecule has 0 N–H and O–H groups in total. The molecule has 2 aliphatic heterocycles. The van der Waals surface area contributed by atoms with Crippen LogP contribution in [0, 0.1) is 0 Å². The lowest BCUT2D eigenvalue weighted by atomic mass is 10.0. The van der Waals surface area contributed by atoms with Gasteiger partial charge in [0.2, 0.25) is 5.91 Å². The average Bonchev–Trinajstić information content (AvgIpc) is 2.95. The molecular weight excluding hydrogens is 540 g/mol. The van der Waals surface area contributed by atoms with Crippen LogP contribution in [0.2, 0.25) is 5.02 Å². The van der Waals surface area contributed by atoms with E-state index in [1.165, 1.54) is 6.08 Å². The number of anilines is 2. The molecule has 3 atom stereocenters. The normalized spacial score (nSPS) is 21.4. The second-order valence-electron chi connectivity index (χ2n) is 11.0. The molecule has 218 valence electrons. The highest BCUT2D eigenvalue weighted by Gasteiger charge is 2.31. The number of para-hydroxylation sites is 1. The molecule has 2 fully saturated rings. The van der Waals surface area contributed by atoms with Crippen LogP contribution < -0.4 is 15.5 Å². The molecule has 1 amide bonds. The first kappa shape index (κ1) is 29.1. The fourth-order valence-electron chi connectivity index (χ4n) is 6.19. The second kappa shape index (κ2) is 11.8. The molecule has 0 spiro atoms. The Morgan fingerprint density at radius 3 is 2.29 bits per heavy atom. The van der Waals surface area contributed by atoms with Gasteiger partial charge in [-0.3, -0.25) is 4.79 Å². The van der Waals surface area contributed by atoms with E-state index in [1.54, 1.807) is 9.47 Å². The second-order valence-corrected chi connectivity index (χ2v) is 11.5. The van der Waals surface area contributed by atoms with Crippen LogP contribution in [0.5, 0.6) is 0 Å². The highest BCUT2D eigenvalue weighted by atomic mass is 35.5. The van der Waals surface area contributed by atoms with Gasteiger partial charge in [-0.1, -0.05) is 50.2 Å². The maximum atomic E-state index is 14.1. The number of benzene rings is 1. The van der Waals surface area contributed by atoms with Gasteiger partial charge in [-0.05, 0) is 56.9 Å². The quantitative estimate of drug-likeness (QED) is 0.401. The highest BCUT2D eigenvalue weighted by molar-refractivity contribution is 6.33. The van der Waals surface area contributed by atoms with E-state index in [0.717, 1.165) is 29.7 Å². The van der Waals surface area contributed by atoms with Gasteiger partial charge in [-0.2, -0.15) is 4.98 Å². The summed E-state index contributed by atoms with van der Waals surface area (Å²) in [6, 6.07) is 7.97. The molecule has 1 aromatic carbocycles. The van der Waals surface area contributed by atoms with Crippen molar-refractivity contribution in [2.75, 3.05) is 42.5 Å². The SMILES string of the molecule is C=CC(=O)N1CCN(c2nc(=O)n(-c3c(CC)cccc3CC)c3nc(N4C[C@@H](C)O[C@@H](C)C4)c(Cl)cc23)[C@@H](C)C1. The number of rotatable bonds is 6. The van der Waals surface area contributed by atoms with Gasteiger partial charge >= 0.3 is 5.69 Å². The van der Waals surface area contributed by atoms with Crippen molar-refractivity contribution in [1.29, 1.82) is 0 Å². The first-order chi connectivity index (χ1) is 19.7. The van der Waals surface area contributed by atoms with Crippen LogP contribution in [-0.4, -0.2) is 76.3 Å². The van der Waals surface area contributed by atoms with Crippen LogP contribution in [-0.2, 0) is 22.4 Å². The third-order valence-electron chi connectivity index (χ3n) is 8.08. The lowest BCUT2D eigenvalue weighted by Gasteiger charge is -2.40. The molecule has 41 heavy (non-hydrogen) atoms. The molecule has 0 saturated carbocycles. The number of fused-ring (bicyclic) bond motifs is 1. The summed E-state index contributed by atoms with van der Waals surface area (Å²) in [6.45, 7) is 16.7. The number of hydrogen-bond acceptors (Lipinski definition) is 7. The van der Waals surface area contributed by atoms with E-state index in [-0.39, 0.29) is 29.8 Å². The number of aromatic nitrogens is 3. The Bertz CT molecular complexity index is 1510. The zero-order chi connectivity index (χ0) is 29.4. The van der Waals surface area contributed by atoms with Crippen molar-refractivity contribution < 1.29 is 9.53 Å². The summed E-state index contributed by atoms with van der Waals surface area (Å²) in [7, 11) is 0. The summed E-state index contributed by atoms with van der Waals surface area (Å²) >= 11 is 6.98. The summed E-state index contributed by atoms with van der Waals surface area (Å²) in [4.78, 5) is 42.2. The van der Waals surface area contributed by atoms with Crippen LogP contribution >= 0.6 is 11.6 Å². The molecule has 0 unspecified atom stereocenters. The molecule has 2 aliphatic rings. The van der Waals surface area contributed by atoms with E-state index in [9.17, 15) is 9.59 Å². The number of aryl methyl sites for hydroxylation is 2. The van der Waals surface area contributed by atoms with E-state index >= 15 is 0 Å². The molecule has 2 saturated heterocycles. The lowest BCUT2D eigenvalue weighted by Crippen LogP contribution is -2.54. The summed E-state index contributed by atoms with van der Waals surface area (Å²) in [5.41, 5.74) is 3.09. The predicted octanol–water partition coefficient (Wildman–Crippen LogP) is 4.40. The summed E-state index contributed by atoms with van der Waals surface area (Å²) < 4.78 is 7.64. The Balaban J connectivity index is 1.75. The predicted molar refractivity (Wildman–Crippen MR) is 165 cm³/mol. The number of halogens is 1. The fraction of sp³-hybridized carbons (Fsp3) is 0.484. The molecule has 3 aromatic rings. The smallest absolute Gasteiger partial charge is 0.355 e. The maximum absolute atomic E-state index is 14.1. The summed E-state index contributed by atoms with van der Waals surface area (Å²) in [6.07, 6.45) is 2.89. The minimum Gasteiger partial charge on any atom is -0.372 e. The Hall–Kier alpha value is -3.43. The van der Waals surface area contributed by atoms with Crippen molar-refractivity contribution in [2.45, 2.75) is 65.7 Å². The van der Waals surface area contributed by atoms with Crippen LogP contribution in [0.3, 0.4) is 0 Å². The van der Waals surface area contributed by atoms with Gasteiger partial charge in [0.15, 0.2) is 5.65 Å². The van der Waals surface area contributed by atoms with Crippen LogP contribution in [0.25, 0.3) is 16.7 Å². The van der Waals surface area contributed by atoms with Gasteiger partial charge in [0.1, 0.15) is 11.6 Å². The van der Waals surface area contributed by atoms with Crippen molar-refractivity contribution in [3.05, 3.63) is 63.6 Å². The Morgan fingerprint density at radius 2 is 1.71 bits per heavy atom. The minimum absolute atomic E-state index is 0.0189. The van der Waals surface area contributed by atoms with Gasteiger partial charge in [0.05, 0.1) is 28.3 Å². The fourth-order valence-corrected chi connectivity index (χ4v) is 6.46. The van der Waals surface area contributed by atoms with E-state index < -0.39 is 0 Å². The first-order valence-electron chi connectivity index (χ1n) is 14.5. The Kier molecular flexibility index (Phi) is 8.38. The lowest BCUT2D eigenvalue weighted by molar-refractivity contribution is -0.126. The molecule has 0 aliphatic carbocycles. The molecule has 9 nitrogen and oxygen atoms in total. The van der Waals surface area contributed by atoms with Crippen molar-refractivity contribution in [3.63, 3.8) is 0 Å². The number of hydrogen-bond donors (Lipinski definition) is 0. The Labute approximate surface area is 246 Å². The van der Waals surface area contributed by atoms with Crippen LogP contribution in [0.15, 0.2) is 41.7 Å². The van der Waals surface area contributed by atoms with Gasteiger partial charge in [-0.15, -0.1) is 0 Å². The summed E-state index contributed by atoms with van der Waals surface area (Å²) in [5, 5.41) is 1.20. The highest BCUT2D eigenvalue weighted by Crippen LogP contribution is 2.35. The number of ether oxygens (including phenoxy) is 1.